The van der Waals surface area contributed by atoms with Crippen LogP contribution in [0.25, 0.3) is 0 Å². The summed E-state index contributed by atoms with van der Waals surface area (Å²) in [7, 11) is 1.77. The molecular formula is C12H20N2O. The fourth-order valence-electron chi connectivity index (χ4n) is 1.46. The molecule has 0 aliphatic rings. The number of hydrogen-bond acceptors (Lipinski definition) is 2. The van der Waals surface area contributed by atoms with Crippen molar-refractivity contribution in [3.63, 3.8) is 0 Å². The van der Waals surface area contributed by atoms with E-state index in [9.17, 15) is 4.79 Å². The molecule has 0 spiro atoms. The van der Waals surface area contributed by atoms with Gasteiger partial charge in [0.25, 0.3) is 5.56 Å². The Morgan fingerprint density at radius 3 is 2.27 bits per heavy atom. The zero-order valence-corrected chi connectivity index (χ0v) is 10.5. The van der Waals surface area contributed by atoms with Gasteiger partial charge in [-0.2, -0.15) is 0 Å². The summed E-state index contributed by atoms with van der Waals surface area (Å²) in [4.78, 5) is 16.3. The van der Waals surface area contributed by atoms with E-state index in [4.69, 9.17) is 0 Å². The van der Waals surface area contributed by atoms with Gasteiger partial charge in [0.1, 0.15) is 5.82 Å². The first-order chi connectivity index (χ1) is 6.73. The standard InChI is InChI=1S/C12H20N2O/c1-8(2)11-13-9(12(3,4)5)7-10(15)14(11)6/h7-8H,1-6H3. The molecule has 0 unspecified atom stereocenters. The third kappa shape index (κ3) is 2.46. The number of aromatic nitrogens is 2. The molecule has 0 atom stereocenters. The molecule has 0 aromatic carbocycles. The second-order valence-electron chi connectivity index (χ2n) is 5.30. The number of nitrogens with zero attached hydrogens (tertiary/aromatic N) is 2. The van der Waals surface area contributed by atoms with Crippen LogP contribution in [0.15, 0.2) is 10.9 Å². The van der Waals surface area contributed by atoms with Crippen LogP contribution in [0.2, 0.25) is 0 Å². The van der Waals surface area contributed by atoms with Crippen molar-refractivity contribution in [2.45, 2.75) is 46.0 Å². The van der Waals surface area contributed by atoms with Gasteiger partial charge in [-0.1, -0.05) is 34.6 Å². The molecule has 0 saturated heterocycles. The van der Waals surface area contributed by atoms with Crippen LogP contribution in [0.4, 0.5) is 0 Å². The lowest BCUT2D eigenvalue weighted by atomic mass is 9.92. The maximum Gasteiger partial charge on any atom is 0.253 e. The summed E-state index contributed by atoms with van der Waals surface area (Å²) in [6, 6.07) is 1.63. The summed E-state index contributed by atoms with van der Waals surface area (Å²) in [6.07, 6.45) is 0. The van der Waals surface area contributed by atoms with E-state index in [2.05, 4.69) is 25.8 Å². The van der Waals surface area contributed by atoms with E-state index in [0.29, 0.717) is 0 Å². The van der Waals surface area contributed by atoms with E-state index in [1.165, 1.54) is 0 Å². The average Bonchev–Trinajstić information content (AvgIpc) is 2.06. The van der Waals surface area contributed by atoms with E-state index in [0.717, 1.165) is 11.5 Å². The number of hydrogen-bond donors (Lipinski definition) is 0. The maximum absolute atomic E-state index is 11.7. The van der Waals surface area contributed by atoms with Crippen LogP contribution in [0.5, 0.6) is 0 Å². The van der Waals surface area contributed by atoms with Crippen molar-refractivity contribution in [3.8, 4) is 0 Å². The van der Waals surface area contributed by atoms with E-state index in [-0.39, 0.29) is 16.9 Å². The van der Waals surface area contributed by atoms with Gasteiger partial charge in [0.05, 0.1) is 5.69 Å². The zero-order chi connectivity index (χ0) is 11.8. The normalized spacial score (nSPS) is 12.2. The van der Waals surface area contributed by atoms with Gasteiger partial charge in [0.15, 0.2) is 0 Å². The van der Waals surface area contributed by atoms with Crippen molar-refractivity contribution in [2.75, 3.05) is 0 Å². The van der Waals surface area contributed by atoms with Crippen LogP contribution in [0.3, 0.4) is 0 Å². The van der Waals surface area contributed by atoms with Gasteiger partial charge in [0, 0.05) is 24.4 Å². The average molecular weight is 208 g/mol. The Hall–Kier alpha value is -1.12. The highest BCUT2D eigenvalue weighted by atomic mass is 16.1. The zero-order valence-electron chi connectivity index (χ0n) is 10.5. The molecule has 0 amide bonds. The number of rotatable bonds is 1. The lowest BCUT2D eigenvalue weighted by Crippen LogP contribution is -2.27. The molecule has 3 heteroatoms. The summed E-state index contributed by atoms with van der Waals surface area (Å²) >= 11 is 0. The quantitative estimate of drug-likeness (QED) is 0.709. The summed E-state index contributed by atoms with van der Waals surface area (Å²) in [5.41, 5.74) is 0.824. The highest BCUT2D eigenvalue weighted by molar-refractivity contribution is 5.14. The molecule has 15 heavy (non-hydrogen) atoms. The molecule has 0 aliphatic heterocycles. The van der Waals surface area contributed by atoms with Gasteiger partial charge in [-0.3, -0.25) is 9.36 Å². The van der Waals surface area contributed by atoms with Gasteiger partial charge in [-0.25, -0.2) is 4.98 Å². The largest absolute Gasteiger partial charge is 0.300 e. The van der Waals surface area contributed by atoms with Crippen molar-refractivity contribution in [1.82, 2.24) is 9.55 Å². The van der Waals surface area contributed by atoms with E-state index < -0.39 is 0 Å². The smallest absolute Gasteiger partial charge is 0.253 e. The summed E-state index contributed by atoms with van der Waals surface area (Å²) in [5, 5.41) is 0. The van der Waals surface area contributed by atoms with Gasteiger partial charge in [-0.05, 0) is 0 Å². The highest BCUT2D eigenvalue weighted by Crippen LogP contribution is 2.20. The van der Waals surface area contributed by atoms with Crippen LogP contribution in [0, 0.1) is 0 Å². The SMILES string of the molecule is CC(C)c1nc(C(C)(C)C)cc(=O)n1C. The van der Waals surface area contributed by atoms with Gasteiger partial charge in [-0.15, -0.1) is 0 Å². The molecule has 0 aliphatic carbocycles. The van der Waals surface area contributed by atoms with Crippen molar-refractivity contribution in [3.05, 3.63) is 27.9 Å². The predicted octanol–water partition coefficient (Wildman–Crippen LogP) is 2.20. The fraction of sp³-hybridized carbons (Fsp3) is 0.667. The molecule has 84 valence electrons. The molecule has 1 rings (SSSR count). The Bertz CT molecular complexity index is 411. The monoisotopic (exact) mass is 208 g/mol. The second-order valence-corrected chi connectivity index (χ2v) is 5.30. The molecule has 0 fully saturated rings. The highest BCUT2D eigenvalue weighted by Gasteiger charge is 2.19. The predicted molar refractivity (Wildman–Crippen MR) is 62.3 cm³/mol. The van der Waals surface area contributed by atoms with Gasteiger partial charge in [0.2, 0.25) is 0 Å². The van der Waals surface area contributed by atoms with Crippen molar-refractivity contribution in [1.29, 1.82) is 0 Å². The second kappa shape index (κ2) is 3.80. The molecule has 3 nitrogen and oxygen atoms in total. The van der Waals surface area contributed by atoms with Gasteiger partial charge >= 0.3 is 0 Å². The molecule has 1 heterocycles. The van der Waals surface area contributed by atoms with Crippen LogP contribution in [-0.2, 0) is 12.5 Å². The first-order valence-corrected chi connectivity index (χ1v) is 5.32. The van der Waals surface area contributed by atoms with Crippen molar-refractivity contribution in [2.24, 2.45) is 7.05 Å². The van der Waals surface area contributed by atoms with E-state index >= 15 is 0 Å². The molecule has 1 aromatic rings. The van der Waals surface area contributed by atoms with Crippen LogP contribution < -0.4 is 5.56 Å². The molecule has 0 saturated carbocycles. The Morgan fingerprint density at radius 2 is 1.87 bits per heavy atom. The summed E-state index contributed by atoms with van der Waals surface area (Å²) in [6.45, 7) is 10.3. The molecular weight excluding hydrogens is 188 g/mol. The third-order valence-corrected chi connectivity index (χ3v) is 2.45. The Morgan fingerprint density at radius 1 is 1.33 bits per heavy atom. The van der Waals surface area contributed by atoms with E-state index in [1.54, 1.807) is 17.7 Å². The first kappa shape index (κ1) is 12.0. The lowest BCUT2D eigenvalue weighted by Gasteiger charge is -2.20. The first-order valence-electron chi connectivity index (χ1n) is 5.32. The van der Waals surface area contributed by atoms with E-state index in [1.807, 2.05) is 13.8 Å². The minimum Gasteiger partial charge on any atom is -0.300 e. The minimum atomic E-state index is -0.0724. The van der Waals surface area contributed by atoms with Crippen LogP contribution in [-0.4, -0.2) is 9.55 Å². The molecule has 0 bridgehead atoms. The summed E-state index contributed by atoms with van der Waals surface area (Å²) < 4.78 is 1.62. The fourth-order valence-corrected chi connectivity index (χ4v) is 1.46. The van der Waals surface area contributed by atoms with Crippen LogP contribution >= 0.6 is 0 Å². The van der Waals surface area contributed by atoms with Crippen molar-refractivity contribution >= 4 is 0 Å². The summed E-state index contributed by atoms with van der Waals surface area (Å²) in [5.74, 6) is 1.12. The molecule has 1 aromatic heterocycles. The van der Waals surface area contributed by atoms with Crippen LogP contribution in [0.1, 0.15) is 52.1 Å². The Kier molecular flexibility index (Phi) is 3.03. The third-order valence-electron chi connectivity index (χ3n) is 2.45. The molecule has 0 N–H and O–H groups in total. The lowest BCUT2D eigenvalue weighted by molar-refractivity contribution is 0.543. The minimum absolute atomic E-state index is 0.0265. The Balaban J connectivity index is 3.43. The van der Waals surface area contributed by atoms with Gasteiger partial charge < -0.3 is 0 Å². The molecule has 0 radical (unpaired) electrons. The topological polar surface area (TPSA) is 34.9 Å². The Labute approximate surface area is 91.2 Å². The van der Waals surface area contributed by atoms with Crippen molar-refractivity contribution < 1.29 is 0 Å². The maximum atomic E-state index is 11.7.